The first-order valence-corrected chi connectivity index (χ1v) is 6.55. The topological polar surface area (TPSA) is 41.6 Å². The molecule has 2 N–H and O–H groups in total. The van der Waals surface area contributed by atoms with Gasteiger partial charge >= 0.3 is 0 Å². The minimum atomic E-state index is 0.438. The van der Waals surface area contributed by atoms with Gasteiger partial charge in [0.05, 0.1) is 0 Å². The standard InChI is InChI=1S/C13H29N3/c1-6-7-8-9-16(12(4)5)13(14)15-10-11(2)3/h11-12H,6-10H2,1-5H3,(H2,14,15). The van der Waals surface area contributed by atoms with Crippen LogP contribution in [0.2, 0.25) is 0 Å². The molecule has 0 spiro atoms. The smallest absolute Gasteiger partial charge is 0.191 e. The number of nitrogens with zero attached hydrogens (tertiary/aromatic N) is 2. The van der Waals surface area contributed by atoms with Gasteiger partial charge < -0.3 is 10.6 Å². The predicted molar refractivity (Wildman–Crippen MR) is 72.7 cm³/mol. The Labute approximate surface area is 101 Å². The van der Waals surface area contributed by atoms with E-state index in [0.717, 1.165) is 13.1 Å². The zero-order valence-corrected chi connectivity index (χ0v) is 11.7. The van der Waals surface area contributed by atoms with Crippen LogP contribution in [0.5, 0.6) is 0 Å². The molecule has 0 radical (unpaired) electrons. The third-order valence-corrected chi connectivity index (χ3v) is 2.54. The first-order valence-electron chi connectivity index (χ1n) is 6.55. The van der Waals surface area contributed by atoms with Crippen molar-refractivity contribution in [3.05, 3.63) is 0 Å². The molecule has 96 valence electrons. The molecule has 0 heterocycles. The van der Waals surface area contributed by atoms with Crippen molar-refractivity contribution in [2.75, 3.05) is 13.1 Å². The fourth-order valence-electron chi connectivity index (χ4n) is 1.54. The maximum atomic E-state index is 6.03. The molecule has 0 aromatic rings. The summed E-state index contributed by atoms with van der Waals surface area (Å²) in [5.41, 5.74) is 6.03. The van der Waals surface area contributed by atoms with Crippen molar-refractivity contribution >= 4 is 5.96 Å². The molecule has 0 aliphatic carbocycles. The highest BCUT2D eigenvalue weighted by Gasteiger charge is 2.11. The molecule has 0 saturated carbocycles. The summed E-state index contributed by atoms with van der Waals surface area (Å²) < 4.78 is 0. The van der Waals surface area contributed by atoms with Gasteiger partial charge in [-0.2, -0.15) is 0 Å². The van der Waals surface area contributed by atoms with Crippen LogP contribution in [0.1, 0.15) is 53.9 Å². The first kappa shape index (κ1) is 15.3. The number of hydrogen-bond acceptors (Lipinski definition) is 1. The zero-order chi connectivity index (χ0) is 12.6. The van der Waals surface area contributed by atoms with Gasteiger partial charge in [-0.25, -0.2) is 0 Å². The van der Waals surface area contributed by atoms with Gasteiger partial charge in [0.1, 0.15) is 0 Å². The van der Waals surface area contributed by atoms with Crippen molar-refractivity contribution in [1.82, 2.24) is 4.90 Å². The average molecular weight is 227 g/mol. The predicted octanol–water partition coefficient (Wildman–Crippen LogP) is 2.86. The van der Waals surface area contributed by atoms with Crippen LogP contribution in [0, 0.1) is 5.92 Å². The van der Waals surface area contributed by atoms with Gasteiger partial charge in [0, 0.05) is 19.1 Å². The summed E-state index contributed by atoms with van der Waals surface area (Å²) >= 11 is 0. The lowest BCUT2D eigenvalue weighted by atomic mass is 10.2. The highest BCUT2D eigenvalue weighted by molar-refractivity contribution is 5.78. The van der Waals surface area contributed by atoms with Crippen LogP contribution in [-0.4, -0.2) is 30.0 Å². The Bertz CT molecular complexity index is 197. The number of hydrogen-bond donors (Lipinski definition) is 1. The van der Waals surface area contributed by atoms with Crippen LogP contribution in [0.25, 0.3) is 0 Å². The van der Waals surface area contributed by atoms with Crippen molar-refractivity contribution in [2.24, 2.45) is 16.6 Å². The van der Waals surface area contributed by atoms with E-state index in [1.165, 1.54) is 19.3 Å². The quantitative estimate of drug-likeness (QED) is 0.413. The Morgan fingerprint density at radius 1 is 1.19 bits per heavy atom. The molecular weight excluding hydrogens is 198 g/mol. The molecule has 0 unspecified atom stereocenters. The van der Waals surface area contributed by atoms with E-state index >= 15 is 0 Å². The van der Waals surface area contributed by atoms with Crippen molar-refractivity contribution < 1.29 is 0 Å². The van der Waals surface area contributed by atoms with E-state index in [2.05, 4.69) is 44.5 Å². The molecule has 0 aromatic carbocycles. The van der Waals surface area contributed by atoms with E-state index in [1.807, 2.05) is 0 Å². The summed E-state index contributed by atoms with van der Waals surface area (Å²) in [6.45, 7) is 12.7. The van der Waals surface area contributed by atoms with Crippen LogP contribution in [0.15, 0.2) is 4.99 Å². The number of nitrogens with two attached hydrogens (primary N) is 1. The lowest BCUT2D eigenvalue weighted by Crippen LogP contribution is -2.43. The van der Waals surface area contributed by atoms with Gasteiger partial charge in [-0.15, -0.1) is 0 Å². The Kier molecular flexibility index (Phi) is 8.04. The summed E-state index contributed by atoms with van der Waals surface area (Å²) in [5, 5.41) is 0. The van der Waals surface area contributed by atoms with Crippen LogP contribution in [0.4, 0.5) is 0 Å². The van der Waals surface area contributed by atoms with Gasteiger partial charge in [-0.05, 0) is 26.2 Å². The average Bonchev–Trinajstić information content (AvgIpc) is 2.20. The maximum absolute atomic E-state index is 6.03. The maximum Gasteiger partial charge on any atom is 0.191 e. The van der Waals surface area contributed by atoms with Crippen LogP contribution in [-0.2, 0) is 0 Å². The molecule has 0 atom stereocenters. The molecule has 0 aromatic heterocycles. The fraction of sp³-hybridized carbons (Fsp3) is 0.923. The zero-order valence-electron chi connectivity index (χ0n) is 11.7. The third kappa shape index (κ3) is 6.70. The minimum Gasteiger partial charge on any atom is -0.370 e. The van der Waals surface area contributed by atoms with Crippen molar-refractivity contribution in [1.29, 1.82) is 0 Å². The second kappa shape index (κ2) is 8.43. The van der Waals surface area contributed by atoms with E-state index in [1.54, 1.807) is 0 Å². The summed E-state index contributed by atoms with van der Waals surface area (Å²) in [6.07, 6.45) is 3.71. The van der Waals surface area contributed by atoms with Gasteiger partial charge in [0.2, 0.25) is 0 Å². The SMILES string of the molecule is CCCCCN(C(N)=NCC(C)C)C(C)C. The summed E-state index contributed by atoms with van der Waals surface area (Å²) in [4.78, 5) is 6.65. The molecule has 0 aliphatic heterocycles. The molecule has 0 bridgehead atoms. The van der Waals surface area contributed by atoms with Gasteiger partial charge in [0.25, 0.3) is 0 Å². The van der Waals surface area contributed by atoms with E-state index in [0.29, 0.717) is 17.9 Å². The number of aliphatic imine (C=N–C) groups is 1. The van der Waals surface area contributed by atoms with Gasteiger partial charge in [0.15, 0.2) is 5.96 Å². The summed E-state index contributed by atoms with van der Waals surface area (Å²) in [7, 11) is 0. The first-order chi connectivity index (χ1) is 7.49. The molecule has 3 nitrogen and oxygen atoms in total. The second-order valence-electron chi connectivity index (χ2n) is 5.09. The summed E-state index contributed by atoms with van der Waals surface area (Å²) in [5.74, 6) is 1.28. The van der Waals surface area contributed by atoms with Gasteiger partial charge in [-0.1, -0.05) is 33.6 Å². The Hall–Kier alpha value is -0.730. The van der Waals surface area contributed by atoms with Crippen LogP contribution in [0.3, 0.4) is 0 Å². The third-order valence-electron chi connectivity index (χ3n) is 2.54. The minimum absolute atomic E-state index is 0.438. The molecule has 0 rings (SSSR count). The highest BCUT2D eigenvalue weighted by atomic mass is 15.3. The number of unbranched alkanes of at least 4 members (excludes halogenated alkanes) is 2. The van der Waals surface area contributed by atoms with Crippen molar-refractivity contribution in [3.8, 4) is 0 Å². The molecule has 0 aliphatic rings. The summed E-state index contributed by atoms with van der Waals surface area (Å²) in [6, 6.07) is 0.438. The van der Waals surface area contributed by atoms with E-state index < -0.39 is 0 Å². The largest absolute Gasteiger partial charge is 0.370 e. The molecule has 3 heteroatoms. The van der Waals surface area contributed by atoms with Crippen molar-refractivity contribution in [3.63, 3.8) is 0 Å². The number of guanidine groups is 1. The fourth-order valence-corrected chi connectivity index (χ4v) is 1.54. The Morgan fingerprint density at radius 2 is 1.81 bits per heavy atom. The molecule has 0 amide bonds. The Balaban J connectivity index is 4.23. The Morgan fingerprint density at radius 3 is 2.25 bits per heavy atom. The van der Waals surface area contributed by atoms with E-state index in [4.69, 9.17) is 5.73 Å². The van der Waals surface area contributed by atoms with Crippen molar-refractivity contribution in [2.45, 2.75) is 59.9 Å². The normalized spacial score (nSPS) is 12.6. The number of rotatable bonds is 7. The lowest BCUT2D eigenvalue weighted by Gasteiger charge is -2.28. The monoisotopic (exact) mass is 227 g/mol. The van der Waals surface area contributed by atoms with Gasteiger partial charge in [-0.3, -0.25) is 4.99 Å². The molecule has 0 saturated heterocycles. The highest BCUT2D eigenvalue weighted by Crippen LogP contribution is 2.04. The van der Waals surface area contributed by atoms with E-state index in [9.17, 15) is 0 Å². The van der Waals surface area contributed by atoms with Crippen LogP contribution < -0.4 is 5.73 Å². The second-order valence-corrected chi connectivity index (χ2v) is 5.09. The lowest BCUT2D eigenvalue weighted by molar-refractivity contribution is 0.335. The molecule has 0 fully saturated rings. The van der Waals surface area contributed by atoms with Crippen LogP contribution >= 0.6 is 0 Å². The van der Waals surface area contributed by atoms with E-state index in [-0.39, 0.29) is 0 Å². The molecule has 16 heavy (non-hydrogen) atoms. The molecular formula is C13H29N3.